The van der Waals surface area contributed by atoms with E-state index in [2.05, 4.69) is 10.6 Å². The van der Waals surface area contributed by atoms with Crippen LogP contribution < -0.4 is 10.6 Å². The lowest BCUT2D eigenvalue weighted by atomic mass is 9.73. The Bertz CT molecular complexity index is 690. The number of urea groups is 1. The molecule has 24 heavy (non-hydrogen) atoms. The van der Waals surface area contributed by atoms with Crippen LogP contribution in [0.2, 0.25) is 0 Å². The normalized spacial score (nSPS) is 26.5. The van der Waals surface area contributed by atoms with Crippen LogP contribution in [0.15, 0.2) is 24.3 Å². The molecule has 0 unspecified atom stereocenters. The minimum atomic E-state index is -0.871. The topological polar surface area (TPSA) is 98.7 Å². The zero-order valence-corrected chi connectivity index (χ0v) is 13.5. The van der Waals surface area contributed by atoms with Crippen molar-refractivity contribution in [1.82, 2.24) is 10.2 Å². The Morgan fingerprint density at radius 2 is 2.12 bits per heavy atom. The number of amides is 4. The van der Waals surface area contributed by atoms with E-state index in [1.54, 1.807) is 18.2 Å². The van der Waals surface area contributed by atoms with Gasteiger partial charge in [0.05, 0.1) is 5.69 Å². The molecule has 3 N–H and O–H groups in total. The van der Waals surface area contributed by atoms with Crippen molar-refractivity contribution in [1.29, 1.82) is 0 Å². The molecule has 1 heterocycles. The number of phenols is 1. The first-order valence-electron chi connectivity index (χ1n) is 8.16. The maximum absolute atomic E-state index is 12.8. The number of anilines is 1. The number of aromatic hydroxyl groups is 1. The van der Waals surface area contributed by atoms with E-state index in [0.29, 0.717) is 6.42 Å². The third-order valence-electron chi connectivity index (χ3n) is 4.98. The van der Waals surface area contributed by atoms with E-state index >= 15 is 0 Å². The van der Waals surface area contributed by atoms with Gasteiger partial charge in [0, 0.05) is 0 Å². The molecule has 1 saturated heterocycles. The first kappa shape index (κ1) is 16.3. The van der Waals surface area contributed by atoms with Gasteiger partial charge in [-0.15, -0.1) is 0 Å². The van der Waals surface area contributed by atoms with Crippen molar-refractivity contribution in [2.24, 2.45) is 5.92 Å². The number of rotatable bonds is 3. The summed E-state index contributed by atoms with van der Waals surface area (Å²) in [5.74, 6) is -0.873. The minimum Gasteiger partial charge on any atom is -0.506 e. The van der Waals surface area contributed by atoms with Gasteiger partial charge in [-0.25, -0.2) is 4.79 Å². The second kappa shape index (κ2) is 6.14. The van der Waals surface area contributed by atoms with Gasteiger partial charge >= 0.3 is 6.03 Å². The Balaban J connectivity index is 1.71. The Labute approximate surface area is 140 Å². The second-order valence-electron chi connectivity index (χ2n) is 6.50. The Morgan fingerprint density at radius 3 is 2.83 bits per heavy atom. The summed E-state index contributed by atoms with van der Waals surface area (Å²) in [7, 11) is 0. The summed E-state index contributed by atoms with van der Waals surface area (Å²) in [6, 6.07) is 5.77. The average Bonchev–Trinajstić information content (AvgIpc) is 2.78. The van der Waals surface area contributed by atoms with Gasteiger partial charge < -0.3 is 15.7 Å². The van der Waals surface area contributed by atoms with E-state index in [4.69, 9.17) is 0 Å². The zero-order chi connectivity index (χ0) is 17.3. The van der Waals surface area contributed by atoms with E-state index in [9.17, 15) is 19.5 Å². The first-order valence-corrected chi connectivity index (χ1v) is 8.16. The molecule has 1 aromatic carbocycles. The van der Waals surface area contributed by atoms with E-state index < -0.39 is 17.5 Å². The number of carbonyl (C=O) groups excluding carboxylic acids is 3. The van der Waals surface area contributed by atoms with Crippen LogP contribution in [-0.4, -0.2) is 39.9 Å². The van der Waals surface area contributed by atoms with Crippen LogP contribution in [0, 0.1) is 5.92 Å². The van der Waals surface area contributed by atoms with Gasteiger partial charge in [-0.1, -0.05) is 31.9 Å². The van der Waals surface area contributed by atoms with Crippen LogP contribution >= 0.6 is 0 Å². The van der Waals surface area contributed by atoms with Crippen molar-refractivity contribution in [3.63, 3.8) is 0 Å². The summed E-state index contributed by atoms with van der Waals surface area (Å²) in [5.41, 5.74) is -0.625. The molecule has 128 valence electrons. The summed E-state index contributed by atoms with van der Waals surface area (Å²) >= 11 is 0. The van der Waals surface area contributed by atoms with Crippen LogP contribution in [0.3, 0.4) is 0 Å². The summed E-state index contributed by atoms with van der Waals surface area (Å²) in [4.78, 5) is 38.1. The van der Waals surface area contributed by atoms with Crippen LogP contribution in [0.5, 0.6) is 5.75 Å². The fourth-order valence-corrected chi connectivity index (χ4v) is 3.55. The van der Waals surface area contributed by atoms with Crippen molar-refractivity contribution in [2.45, 2.75) is 38.1 Å². The van der Waals surface area contributed by atoms with E-state index in [1.165, 1.54) is 6.07 Å². The van der Waals surface area contributed by atoms with Crippen LogP contribution in [-0.2, 0) is 9.59 Å². The third-order valence-corrected chi connectivity index (χ3v) is 4.98. The molecular formula is C17H21N3O4. The molecule has 2 aliphatic rings. The molecule has 2 atom stereocenters. The molecule has 7 heteroatoms. The number of nitrogens with zero attached hydrogens (tertiary/aromatic N) is 1. The fraction of sp³-hybridized carbons (Fsp3) is 0.471. The lowest BCUT2D eigenvalue weighted by molar-refractivity contribution is -0.136. The SMILES string of the molecule is C[C@@H]1CCCC[C@@]12NC(=O)N(CC(=O)Nc1ccccc1O)C2=O. The molecule has 4 amide bonds. The number of benzene rings is 1. The van der Waals surface area contributed by atoms with Gasteiger partial charge in [-0.2, -0.15) is 0 Å². The number of hydrogen-bond acceptors (Lipinski definition) is 4. The smallest absolute Gasteiger partial charge is 0.325 e. The third kappa shape index (κ3) is 2.70. The summed E-state index contributed by atoms with van der Waals surface area (Å²) in [6.45, 7) is 1.59. The molecule has 0 aromatic heterocycles. The van der Waals surface area contributed by atoms with Gasteiger partial charge in [0.15, 0.2) is 0 Å². The number of carbonyl (C=O) groups is 3. The fourth-order valence-electron chi connectivity index (χ4n) is 3.55. The lowest BCUT2D eigenvalue weighted by Crippen LogP contribution is -2.54. The number of phenolic OH excluding ortho intramolecular Hbond substituents is 1. The van der Waals surface area contributed by atoms with E-state index in [1.807, 2.05) is 6.92 Å². The lowest BCUT2D eigenvalue weighted by Gasteiger charge is -2.36. The highest BCUT2D eigenvalue weighted by Gasteiger charge is 2.55. The highest BCUT2D eigenvalue weighted by molar-refractivity contribution is 6.10. The maximum Gasteiger partial charge on any atom is 0.325 e. The number of imide groups is 1. The molecular weight excluding hydrogens is 310 g/mol. The monoisotopic (exact) mass is 331 g/mol. The molecule has 1 aliphatic carbocycles. The predicted octanol–water partition coefficient (Wildman–Crippen LogP) is 1.83. The van der Waals surface area contributed by atoms with Crippen LogP contribution in [0.25, 0.3) is 0 Å². The second-order valence-corrected chi connectivity index (χ2v) is 6.50. The van der Waals surface area contributed by atoms with Crippen molar-refractivity contribution in [2.75, 3.05) is 11.9 Å². The molecule has 0 bridgehead atoms. The van der Waals surface area contributed by atoms with Gasteiger partial charge in [0.2, 0.25) is 5.91 Å². The van der Waals surface area contributed by atoms with Crippen molar-refractivity contribution in [3.8, 4) is 5.75 Å². The average molecular weight is 331 g/mol. The van der Waals surface area contributed by atoms with Crippen molar-refractivity contribution >= 4 is 23.5 Å². The van der Waals surface area contributed by atoms with Gasteiger partial charge in [0.1, 0.15) is 17.8 Å². The standard InChI is InChI=1S/C17H21N3O4/c1-11-6-4-5-9-17(11)15(23)20(16(24)19-17)10-14(22)18-12-7-2-3-8-13(12)21/h2-3,7-8,11,21H,4-6,9-10H2,1H3,(H,18,22)(H,19,24)/t11-,17-/m1/s1. The highest BCUT2D eigenvalue weighted by Crippen LogP contribution is 2.38. The van der Waals surface area contributed by atoms with Crippen LogP contribution in [0.4, 0.5) is 10.5 Å². The summed E-state index contributed by atoms with van der Waals surface area (Å²) in [5, 5.41) is 15.0. The van der Waals surface area contributed by atoms with Gasteiger partial charge in [0.25, 0.3) is 5.91 Å². The predicted molar refractivity (Wildman–Crippen MR) is 87.3 cm³/mol. The quantitative estimate of drug-likeness (QED) is 0.581. The molecule has 1 spiro atoms. The van der Waals surface area contributed by atoms with E-state index in [-0.39, 0.29) is 29.8 Å². The van der Waals surface area contributed by atoms with Gasteiger partial charge in [-0.3, -0.25) is 14.5 Å². The molecule has 7 nitrogen and oxygen atoms in total. The van der Waals surface area contributed by atoms with Crippen LogP contribution in [0.1, 0.15) is 32.6 Å². The largest absolute Gasteiger partial charge is 0.506 e. The molecule has 1 aliphatic heterocycles. The van der Waals surface area contributed by atoms with E-state index in [0.717, 1.165) is 24.2 Å². The molecule has 2 fully saturated rings. The van der Waals surface area contributed by atoms with Crippen molar-refractivity contribution in [3.05, 3.63) is 24.3 Å². The van der Waals surface area contributed by atoms with Crippen molar-refractivity contribution < 1.29 is 19.5 Å². The van der Waals surface area contributed by atoms with Gasteiger partial charge in [-0.05, 0) is 30.9 Å². The number of nitrogens with one attached hydrogen (secondary N) is 2. The first-order chi connectivity index (χ1) is 11.4. The Morgan fingerprint density at radius 1 is 1.38 bits per heavy atom. The summed E-state index contributed by atoms with van der Waals surface area (Å²) in [6.07, 6.45) is 3.41. The maximum atomic E-state index is 12.8. The summed E-state index contributed by atoms with van der Waals surface area (Å²) < 4.78 is 0. The minimum absolute atomic E-state index is 0.0499. The molecule has 0 radical (unpaired) electrons. The Kier molecular flexibility index (Phi) is 4.17. The zero-order valence-electron chi connectivity index (χ0n) is 13.5. The molecule has 3 rings (SSSR count). The highest BCUT2D eigenvalue weighted by atomic mass is 16.3. The number of hydrogen-bond donors (Lipinski definition) is 3. The molecule has 1 saturated carbocycles. The Hall–Kier alpha value is -2.57. The molecule has 1 aromatic rings. The number of para-hydroxylation sites is 2.